The molecular weight excluding hydrogens is 238 g/mol. The Kier molecular flexibility index (Phi) is 2.88. The van der Waals surface area contributed by atoms with E-state index in [2.05, 4.69) is 0 Å². The number of hydrogen-bond donors (Lipinski definition) is 0. The van der Waals surface area contributed by atoms with Gasteiger partial charge in [-0.3, -0.25) is 14.5 Å². The molecule has 0 saturated heterocycles. The highest BCUT2D eigenvalue weighted by Crippen LogP contribution is 2.18. The van der Waals surface area contributed by atoms with Crippen molar-refractivity contribution in [3.63, 3.8) is 0 Å². The molecule has 1 heterocycles. The number of benzene rings is 2. The lowest BCUT2D eigenvalue weighted by atomic mass is 10.1. The van der Waals surface area contributed by atoms with Crippen molar-refractivity contribution in [2.24, 2.45) is 0 Å². The number of hydrogen-bond acceptors (Lipinski definition) is 2. The minimum atomic E-state index is -0.232. The van der Waals surface area contributed by atoms with E-state index in [4.69, 9.17) is 0 Å². The van der Waals surface area contributed by atoms with Crippen LogP contribution in [-0.2, 0) is 4.79 Å². The maximum absolute atomic E-state index is 12.3. The summed E-state index contributed by atoms with van der Waals surface area (Å²) in [5, 5.41) is 2.09. The van der Waals surface area contributed by atoms with Crippen LogP contribution in [0.25, 0.3) is 10.8 Å². The molecule has 0 aromatic heterocycles. The van der Waals surface area contributed by atoms with E-state index in [1.165, 1.54) is 11.0 Å². The molecule has 0 atom stereocenters. The van der Waals surface area contributed by atoms with E-state index in [9.17, 15) is 9.59 Å². The lowest BCUT2D eigenvalue weighted by molar-refractivity contribution is -0.124. The summed E-state index contributed by atoms with van der Waals surface area (Å²) in [6.45, 7) is 0.459. The van der Waals surface area contributed by atoms with E-state index >= 15 is 0 Å². The SMILES string of the molecule is O=C1C=CCCN1C(=O)c1ccc2ccccc2c1. The molecule has 2 amide bonds. The fourth-order valence-corrected chi connectivity index (χ4v) is 2.27. The number of carbonyl (C=O) groups is 2. The van der Waals surface area contributed by atoms with Gasteiger partial charge in [-0.05, 0) is 35.4 Å². The van der Waals surface area contributed by atoms with Gasteiger partial charge >= 0.3 is 0 Å². The van der Waals surface area contributed by atoms with Crippen LogP contribution in [0.15, 0.2) is 54.6 Å². The van der Waals surface area contributed by atoms with Crippen molar-refractivity contribution >= 4 is 22.6 Å². The zero-order valence-electron chi connectivity index (χ0n) is 10.4. The van der Waals surface area contributed by atoms with Gasteiger partial charge < -0.3 is 0 Å². The van der Waals surface area contributed by atoms with Crippen LogP contribution < -0.4 is 0 Å². The van der Waals surface area contributed by atoms with Gasteiger partial charge in [0.1, 0.15) is 0 Å². The van der Waals surface area contributed by atoms with Gasteiger partial charge in [0.15, 0.2) is 0 Å². The van der Waals surface area contributed by atoms with Crippen LogP contribution in [0.2, 0.25) is 0 Å². The Hall–Kier alpha value is -2.42. The summed E-state index contributed by atoms with van der Waals surface area (Å²) in [5.41, 5.74) is 0.558. The predicted molar refractivity (Wildman–Crippen MR) is 73.7 cm³/mol. The molecule has 3 rings (SSSR count). The highest BCUT2D eigenvalue weighted by atomic mass is 16.2. The van der Waals surface area contributed by atoms with Crippen LogP contribution in [0.1, 0.15) is 16.8 Å². The summed E-state index contributed by atoms with van der Waals surface area (Å²) >= 11 is 0. The quantitative estimate of drug-likeness (QED) is 0.731. The zero-order valence-corrected chi connectivity index (χ0v) is 10.4. The second-order valence-electron chi connectivity index (χ2n) is 4.55. The standard InChI is InChI=1S/C16H13NO2/c18-15-7-3-4-10-17(15)16(19)14-9-8-12-5-1-2-6-13(12)11-14/h1-3,5-9,11H,4,10H2. The third-order valence-corrected chi connectivity index (χ3v) is 3.29. The van der Waals surface area contributed by atoms with Crippen molar-refractivity contribution in [3.05, 3.63) is 60.2 Å². The number of carbonyl (C=O) groups excluding carboxylic acids is 2. The lowest BCUT2D eigenvalue weighted by Crippen LogP contribution is -2.38. The summed E-state index contributed by atoms with van der Waals surface area (Å²) < 4.78 is 0. The number of imide groups is 1. The molecule has 3 nitrogen and oxygen atoms in total. The molecule has 0 unspecified atom stereocenters. The lowest BCUT2D eigenvalue weighted by Gasteiger charge is -2.21. The van der Waals surface area contributed by atoms with E-state index in [-0.39, 0.29) is 11.8 Å². The molecule has 2 aromatic rings. The first kappa shape index (κ1) is 11.7. The highest BCUT2D eigenvalue weighted by Gasteiger charge is 2.22. The van der Waals surface area contributed by atoms with Crippen molar-refractivity contribution < 1.29 is 9.59 Å². The Morgan fingerprint density at radius 2 is 1.84 bits per heavy atom. The predicted octanol–water partition coefficient (Wildman–Crippen LogP) is 2.77. The van der Waals surface area contributed by atoms with Crippen molar-refractivity contribution in [2.75, 3.05) is 6.54 Å². The second kappa shape index (κ2) is 4.69. The van der Waals surface area contributed by atoms with E-state index < -0.39 is 0 Å². The van der Waals surface area contributed by atoms with Gasteiger partial charge in [-0.2, -0.15) is 0 Å². The molecule has 0 aliphatic carbocycles. The maximum atomic E-state index is 12.3. The Morgan fingerprint density at radius 3 is 2.63 bits per heavy atom. The largest absolute Gasteiger partial charge is 0.275 e. The Bertz CT molecular complexity index is 688. The summed E-state index contributed by atoms with van der Waals surface area (Å²) in [6, 6.07) is 13.4. The Labute approximate surface area is 111 Å². The first-order valence-corrected chi connectivity index (χ1v) is 6.27. The molecule has 0 radical (unpaired) electrons. The van der Waals surface area contributed by atoms with E-state index in [1.807, 2.05) is 36.4 Å². The zero-order chi connectivity index (χ0) is 13.2. The molecular formula is C16H13NO2. The van der Waals surface area contributed by atoms with Gasteiger partial charge in [0.2, 0.25) is 0 Å². The number of nitrogens with zero attached hydrogens (tertiary/aromatic N) is 1. The average molecular weight is 251 g/mol. The molecule has 0 saturated carbocycles. The summed E-state index contributed by atoms with van der Waals surface area (Å²) in [6.07, 6.45) is 3.99. The normalized spacial score (nSPS) is 14.9. The molecule has 0 N–H and O–H groups in total. The Balaban J connectivity index is 1.97. The van der Waals surface area contributed by atoms with Crippen LogP contribution in [0.4, 0.5) is 0 Å². The van der Waals surface area contributed by atoms with Crippen LogP contribution in [-0.4, -0.2) is 23.3 Å². The third-order valence-electron chi connectivity index (χ3n) is 3.29. The van der Waals surface area contributed by atoms with Gasteiger partial charge in [0.05, 0.1) is 0 Å². The molecule has 0 bridgehead atoms. The average Bonchev–Trinajstić information content (AvgIpc) is 2.46. The van der Waals surface area contributed by atoms with Gasteiger partial charge in [0.25, 0.3) is 11.8 Å². The fourth-order valence-electron chi connectivity index (χ4n) is 2.27. The maximum Gasteiger partial charge on any atom is 0.260 e. The summed E-state index contributed by atoms with van der Waals surface area (Å²) in [7, 11) is 0. The molecule has 0 fully saturated rings. The van der Waals surface area contributed by atoms with Crippen molar-refractivity contribution in [2.45, 2.75) is 6.42 Å². The molecule has 3 heteroatoms. The molecule has 94 valence electrons. The van der Waals surface area contributed by atoms with Gasteiger partial charge in [0, 0.05) is 12.1 Å². The fraction of sp³-hybridized carbons (Fsp3) is 0.125. The van der Waals surface area contributed by atoms with Crippen molar-refractivity contribution in [1.82, 2.24) is 4.90 Å². The van der Waals surface area contributed by atoms with Gasteiger partial charge in [-0.25, -0.2) is 0 Å². The van der Waals surface area contributed by atoms with Crippen molar-refractivity contribution in [1.29, 1.82) is 0 Å². The summed E-state index contributed by atoms with van der Waals surface area (Å²) in [5.74, 6) is -0.454. The highest BCUT2D eigenvalue weighted by molar-refractivity contribution is 6.09. The van der Waals surface area contributed by atoms with E-state index in [0.29, 0.717) is 12.1 Å². The number of fused-ring (bicyclic) bond motifs is 1. The first-order chi connectivity index (χ1) is 9.25. The van der Waals surface area contributed by atoms with E-state index in [1.54, 1.807) is 12.1 Å². The van der Waals surface area contributed by atoms with Gasteiger partial charge in [-0.1, -0.05) is 36.4 Å². The monoisotopic (exact) mass is 251 g/mol. The molecule has 1 aliphatic rings. The van der Waals surface area contributed by atoms with Crippen LogP contribution in [0.3, 0.4) is 0 Å². The second-order valence-corrected chi connectivity index (χ2v) is 4.55. The van der Waals surface area contributed by atoms with Crippen LogP contribution >= 0.6 is 0 Å². The molecule has 2 aromatic carbocycles. The molecule has 19 heavy (non-hydrogen) atoms. The minimum Gasteiger partial charge on any atom is -0.275 e. The first-order valence-electron chi connectivity index (χ1n) is 6.27. The number of amides is 2. The van der Waals surface area contributed by atoms with Crippen molar-refractivity contribution in [3.8, 4) is 0 Å². The summed E-state index contributed by atoms with van der Waals surface area (Å²) in [4.78, 5) is 25.3. The van der Waals surface area contributed by atoms with Crippen LogP contribution in [0, 0.1) is 0 Å². The third kappa shape index (κ3) is 2.15. The number of rotatable bonds is 1. The topological polar surface area (TPSA) is 37.4 Å². The smallest absolute Gasteiger partial charge is 0.260 e. The Morgan fingerprint density at radius 1 is 1.05 bits per heavy atom. The molecule has 1 aliphatic heterocycles. The minimum absolute atomic E-state index is 0.222. The van der Waals surface area contributed by atoms with Crippen LogP contribution in [0.5, 0.6) is 0 Å². The van der Waals surface area contributed by atoms with Gasteiger partial charge in [-0.15, -0.1) is 0 Å². The van der Waals surface area contributed by atoms with E-state index in [0.717, 1.165) is 17.2 Å². The molecule has 0 spiro atoms.